The van der Waals surface area contributed by atoms with Crippen LogP contribution >= 0.6 is 0 Å². The smallest absolute Gasteiger partial charge is 0.244 e. The fourth-order valence-corrected chi connectivity index (χ4v) is 4.77. The Kier molecular flexibility index (Phi) is 9.49. The second-order valence-corrected chi connectivity index (χ2v) is 10.2. The van der Waals surface area contributed by atoms with Crippen LogP contribution in [0.15, 0.2) is 42.5 Å². The fraction of sp³-hybridized carbons (Fsp3) is 0.440. The minimum atomic E-state index is -3.76. The molecule has 0 heterocycles. The number of likely N-dealkylation sites (N-methyl/N-ethyl adjacent to an activating group) is 1. The third-order valence-electron chi connectivity index (χ3n) is 5.52. The number of anilines is 1. The van der Waals surface area contributed by atoms with Crippen LogP contribution in [0.1, 0.15) is 37.0 Å². The number of benzene rings is 2. The van der Waals surface area contributed by atoms with Crippen molar-refractivity contribution in [2.75, 3.05) is 30.8 Å². The summed E-state index contributed by atoms with van der Waals surface area (Å²) < 4.78 is 31.8. The summed E-state index contributed by atoms with van der Waals surface area (Å²) in [5.41, 5.74) is 2.94. The Morgan fingerprint density at radius 2 is 1.79 bits per heavy atom. The van der Waals surface area contributed by atoms with Crippen molar-refractivity contribution in [3.05, 3.63) is 59.2 Å². The molecule has 0 fully saturated rings. The second kappa shape index (κ2) is 11.9. The highest BCUT2D eigenvalue weighted by molar-refractivity contribution is 7.92. The molecule has 2 aromatic rings. The Balaban J connectivity index is 2.47. The number of rotatable bonds is 11. The third kappa shape index (κ3) is 6.96. The molecule has 0 aromatic heterocycles. The van der Waals surface area contributed by atoms with Gasteiger partial charge in [0.15, 0.2) is 0 Å². The van der Waals surface area contributed by atoms with Gasteiger partial charge < -0.3 is 15.0 Å². The molecule has 0 aliphatic heterocycles. The van der Waals surface area contributed by atoms with E-state index in [-0.39, 0.29) is 12.5 Å². The van der Waals surface area contributed by atoms with Crippen molar-refractivity contribution in [1.29, 1.82) is 0 Å². The Morgan fingerprint density at radius 3 is 2.35 bits per heavy atom. The summed E-state index contributed by atoms with van der Waals surface area (Å²) in [7, 11) is -2.21. The molecular formula is C25H35N3O5S. The van der Waals surface area contributed by atoms with Gasteiger partial charge >= 0.3 is 0 Å². The molecule has 186 valence electrons. The number of nitrogens with zero attached hydrogens (tertiary/aromatic N) is 2. The number of hydrogen-bond acceptors (Lipinski definition) is 5. The molecular weight excluding hydrogens is 454 g/mol. The highest BCUT2D eigenvalue weighted by atomic mass is 32.2. The maximum Gasteiger partial charge on any atom is 0.244 e. The summed E-state index contributed by atoms with van der Waals surface area (Å²) in [5, 5.41) is 2.78. The third-order valence-corrected chi connectivity index (χ3v) is 6.65. The van der Waals surface area contributed by atoms with Gasteiger partial charge in [0.2, 0.25) is 21.8 Å². The summed E-state index contributed by atoms with van der Waals surface area (Å²) in [6, 6.07) is 11.9. The molecule has 0 bridgehead atoms. The lowest BCUT2D eigenvalue weighted by Crippen LogP contribution is -2.52. The van der Waals surface area contributed by atoms with Crippen molar-refractivity contribution in [3.63, 3.8) is 0 Å². The first kappa shape index (κ1) is 27.2. The van der Waals surface area contributed by atoms with Gasteiger partial charge in [-0.1, -0.05) is 36.8 Å². The monoisotopic (exact) mass is 489 g/mol. The number of methoxy groups -OCH3 is 1. The second-order valence-electron chi connectivity index (χ2n) is 8.25. The van der Waals surface area contributed by atoms with Crippen LogP contribution in [0, 0.1) is 13.8 Å². The quantitative estimate of drug-likeness (QED) is 0.523. The van der Waals surface area contributed by atoms with Crippen LogP contribution in [-0.4, -0.2) is 57.6 Å². The van der Waals surface area contributed by atoms with Crippen LogP contribution in [0.5, 0.6) is 5.75 Å². The van der Waals surface area contributed by atoms with E-state index in [1.807, 2.05) is 52.0 Å². The van der Waals surface area contributed by atoms with Gasteiger partial charge in [0.1, 0.15) is 18.3 Å². The molecule has 0 aliphatic rings. The van der Waals surface area contributed by atoms with E-state index in [2.05, 4.69) is 5.32 Å². The van der Waals surface area contributed by atoms with Crippen LogP contribution in [-0.2, 0) is 26.2 Å². The van der Waals surface area contributed by atoms with E-state index in [4.69, 9.17) is 4.74 Å². The van der Waals surface area contributed by atoms with Crippen molar-refractivity contribution < 1.29 is 22.7 Å². The van der Waals surface area contributed by atoms with E-state index < -0.39 is 28.5 Å². The summed E-state index contributed by atoms with van der Waals surface area (Å²) in [4.78, 5) is 27.9. The first-order valence-electron chi connectivity index (χ1n) is 11.3. The number of aryl methyl sites for hydroxylation is 2. The highest BCUT2D eigenvalue weighted by Gasteiger charge is 2.32. The molecule has 8 nitrogen and oxygen atoms in total. The molecule has 2 aromatic carbocycles. The number of hydrogen-bond donors (Lipinski definition) is 1. The Morgan fingerprint density at radius 1 is 1.09 bits per heavy atom. The van der Waals surface area contributed by atoms with Gasteiger partial charge in [-0.3, -0.25) is 13.9 Å². The predicted molar refractivity (Wildman–Crippen MR) is 134 cm³/mol. The van der Waals surface area contributed by atoms with E-state index in [9.17, 15) is 18.0 Å². The Hall–Kier alpha value is -3.07. The number of ether oxygens (including phenoxy) is 1. The maximum absolute atomic E-state index is 13.6. The van der Waals surface area contributed by atoms with Crippen LogP contribution in [0.4, 0.5) is 5.69 Å². The van der Waals surface area contributed by atoms with E-state index in [0.717, 1.165) is 27.3 Å². The summed E-state index contributed by atoms with van der Waals surface area (Å²) >= 11 is 0. The first-order chi connectivity index (χ1) is 16.0. The highest BCUT2D eigenvalue weighted by Crippen LogP contribution is 2.25. The van der Waals surface area contributed by atoms with Gasteiger partial charge in [0.25, 0.3) is 0 Å². The largest absolute Gasteiger partial charge is 0.497 e. The van der Waals surface area contributed by atoms with Gasteiger partial charge in [0, 0.05) is 13.1 Å². The zero-order valence-corrected chi connectivity index (χ0v) is 21.6. The average Bonchev–Trinajstić information content (AvgIpc) is 2.77. The lowest BCUT2D eigenvalue weighted by atomic mass is 10.1. The summed E-state index contributed by atoms with van der Waals surface area (Å²) in [5.74, 6) is -0.117. The predicted octanol–water partition coefficient (Wildman–Crippen LogP) is 3.02. The molecule has 1 N–H and O–H groups in total. The van der Waals surface area contributed by atoms with E-state index in [1.54, 1.807) is 25.3 Å². The molecule has 0 saturated carbocycles. The zero-order chi connectivity index (χ0) is 25.5. The van der Waals surface area contributed by atoms with Gasteiger partial charge in [-0.05, 0) is 56.5 Å². The lowest BCUT2D eigenvalue weighted by Gasteiger charge is -2.33. The number of nitrogens with one attached hydrogen (secondary N) is 1. The maximum atomic E-state index is 13.6. The minimum absolute atomic E-state index is 0.135. The SMILES string of the molecule is CCNC(=O)C(CC)N(Cc1cccc(OC)c1)C(=O)CN(c1ccc(C)cc1C)S(C)(=O)=O. The van der Waals surface area contributed by atoms with E-state index in [1.165, 1.54) is 4.90 Å². The molecule has 0 saturated heterocycles. The zero-order valence-electron chi connectivity index (χ0n) is 20.8. The van der Waals surface area contributed by atoms with Crippen molar-refractivity contribution >= 4 is 27.5 Å². The Bertz CT molecular complexity index is 1120. The van der Waals surface area contributed by atoms with Gasteiger partial charge in [-0.2, -0.15) is 0 Å². The molecule has 0 radical (unpaired) electrons. The number of amides is 2. The molecule has 2 amide bonds. The van der Waals surface area contributed by atoms with Crippen molar-refractivity contribution in [3.8, 4) is 5.75 Å². The van der Waals surface area contributed by atoms with Crippen LogP contribution in [0.2, 0.25) is 0 Å². The Labute approximate surface area is 202 Å². The summed E-state index contributed by atoms with van der Waals surface area (Å²) in [6.07, 6.45) is 1.46. The summed E-state index contributed by atoms with van der Waals surface area (Å²) in [6.45, 7) is 7.51. The van der Waals surface area contributed by atoms with E-state index in [0.29, 0.717) is 24.4 Å². The van der Waals surface area contributed by atoms with Gasteiger partial charge in [-0.25, -0.2) is 8.42 Å². The van der Waals surface area contributed by atoms with Crippen molar-refractivity contribution in [2.24, 2.45) is 0 Å². The standard InChI is InChI=1S/C25H35N3O5S/c1-7-22(25(30)26-8-2)27(16-20-10-9-11-21(15-20)33-5)24(29)17-28(34(6,31)32)23-13-12-18(3)14-19(23)4/h9-15,22H,7-8,16-17H2,1-6H3,(H,26,30). The molecule has 1 atom stereocenters. The average molecular weight is 490 g/mol. The van der Waals surface area contributed by atoms with Crippen LogP contribution in [0.25, 0.3) is 0 Å². The van der Waals surface area contributed by atoms with Gasteiger partial charge in [-0.15, -0.1) is 0 Å². The molecule has 0 spiro atoms. The lowest BCUT2D eigenvalue weighted by molar-refractivity contribution is -0.140. The number of carbonyl (C=O) groups excluding carboxylic acids is 2. The van der Waals surface area contributed by atoms with E-state index >= 15 is 0 Å². The molecule has 1 unspecified atom stereocenters. The molecule has 0 aliphatic carbocycles. The van der Waals surface area contributed by atoms with Crippen molar-refractivity contribution in [2.45, 2.75) is 46.7 Å². The molecule has 9 heteroatoms. The molecule has 2 rings (SSSR count). The number of carbonyl (C=O) groups is 2. The van der Waals surface area contributed by atoms with Crippen molar-refractivity contribution in [1.82, 2.24) is 10.2 Å². The number of sulfonamides is 1. The minimum Gasteiger partial charge on any atom is -0.497 e. The molecule has 34 heavy (non-hydrogen) atoms. The first-order valence-corrected chi connectivity index (χ1v) is 13.1. The van der Waals surface area contributed by atoms with Crippen LogP contribution < -0.4 is 14.4 Å². The fourth-order valence-electron chi connectivity index (χ4n) is 3.86. The normalized spacial score (nSPS) is 12.1. The van der Waals surface area contributed by atoms with Crippen LogP contribution in [0.3, 0.4) is 0 Å². The van der Waals surface area contributed by atoms with Gasteiger partial charge in [0.05, 0.1) is 19.1 Å². The topological polar surface area (TPSA) is 96.0 Å².